The Balaban J connectivity index is 1.88. The van der Waals surface area contributed by atoms with E-state index >= 15 is 0 Å². The molecule has 152 valence electrons. The van der Waals surface area contributed by atoms with Gasteiger partial charge in [-0.2, -0.15) is 0 Å². The molecule has 0 atom stereocenters. The van der Waals surface area contributed by atoms with E-state index in [1.165, 1.54) is 22.4 Å². The zero-order chi connectivity index (χ0) is 21.1. The molecular weight excluding hydrogens is 368 g/mol. The maximum absolute atomic E-state index is 12.9. The van der Waals surface area contributed by atoms with Crippen molar-refractivity contribution in [1.82, 2.24) is 19.4 Å². The lowest BCUT2D eigenvalue weighted by atomic mass is 10.0. The fraction of sp³-hybridized carbons (Fsp3) is 0.364. The fourth-order valence-electron chi connectivity index (χ4n) is 3.29. The van der Waals surface area contributed by atoms with E-state index in [4.69, 9.17) is 0 Å². The third-order valence-electron chi connectivity index (χ3n) is 4.94. The van der Waals surface area contributed by atoms with Crippen LogP contribution < -0.4 is 11.2 Å². The van der Waals surface area contributed by atoms with Gasteiger partial charge in [0.05, 0.1) is 10.9 Å². The number of pyridine rings is 1. The highest BCUT2D eigenvalue weighted by Crippen LogP contribution is 2.16. The minimum atomic E-state index is -0.536. The number of aryl methyl sites for hydroxylation is 1. The minimum Gasteiger partial charge on any atom is -0.337 e. The molecular formula is C22H26N4O3. The third-order valence-corrected chi connectivity index (χ3v) is 4.94. The first-order valence-corrected chi connectivity index (χ1v) is 9.79. The Morgan fingerprint density at radius 3 is 2.52 bits per heavy atom. The van der Waals surface area contributed by atoms with Gasteiger partial charge in [0.1, 0.15) is 5.65 Å². The van der Waals surface area contributed by atoms with Gasteiger partial charge in [-0.15, -0.1) is 0 Å². The van der Waals surface area contributed by atoms with Crippen molar-refractivity contribution in [1.29, 1.82) is 0 Å². The number of benzene rings is 1. The van der Waals surface area contributed by atoms with Crippen LogP contribution in [0.4, 0.5) is 0 Å². The summed E-state index contributed by atoms with van der Waals surface area (Å²) >= 11 is 0. The molecule has 0 fully saturated rings. The molecule has 2 aromatic heterocycles. The fourth-order valence-corrected chi connectivity index (χ4v) is 3.29. The number of aromatic nitrogens is 3. The average molecular weight is 394 g/mol. The predicted molar refractivity (Wildman–Crippen MR) is 113 cm³/mol. The van der Waals surface area contributed by atoms with Crippen LogP contribution in [0.2, 0.25) is 0 Å². The normalized spacial score (nSPS) is 11.2. The Bertz CT molecular complexity index is 1140. The van der Waals surface area contributed by atoms with Gasteiger partial charge < -0.3 is 4.90 Å². The van der Waals surface area contributed by atoms with Gasteiger partial charge in [0.15, 0.2) is 0 Å². The number of amides is 1. The molecule has 0 aliphatic rings. The number of carbonyl (C=O) groups excluding carboxylic acids is 1. The molecule has 2 heterocycles. The second-order valence-electron chi connectivity index (χ2n) is 7.56. The summed E-state index contributed by atoms with van der Waals surface area (Å²) < 4.78 is 1.42. The standard InChI is InChI=1S/C22H26N4O3/c1-5-10-26-19-18(20(27)24-22(26)29)11-17(12-23-19)21(28)25(4)13-15-6-8-16(9-7-15)14(2)3/h6-9,11-12,14H,5,10,13H2,1-4H3,(H,24,27,29). The maximum atomic E-state index is 12.9. The molecule has 3 aromatic rings. The second-order valence-corrected chi connectivity index (χ2v) is 7.56. The van der Waals surface area contributed by atoms with Crippen LogP contribution >= 0.6 is 0 Å². The molecule has 0 radical (unpaired) electrons. The largest absolute Gasteiger partial charge is 0.337 e. The number of aromatic amines is 1. The van der Waals surface area contributed by atoms with Crippen LogP contribution in [0, 0.1) is 0 Å². The summed E-state index contributed by atoms with van der Waals surface area (Å²) in [6.45, 7) is 7.10. The highest BCUT2D eigenvalue weighted by Gasteiger charge is 2.16. The van der Waals surface area contributed by atoms with Gasteiger partial charge in [-0.05, 0) is 29.5 Å². The van der Waals surface area contributed by atoms with Crippen molar-refractivity contribution in [2.45, 2.75) is 46.2 Å². The lowest BCUT2D eigenvalue weighted by Crippen LogP contribution is -2.31. The smallest absolute Gasteiger partial charge is 0.329 e. The predicted octanol–water partition coefficient (Wildman–Crippen LogP) is 2.89. The zero-order valence-electron chi connectivity index (χ0n) is 17.2. The van der Waals surface area contributed by atoms with Crippen molar-refractivity contribution in [3.05, 3.63) is 74.1 Å². The van der Waals surface area contributed by atoms with E-state index in [0.717, 1.165) is 12.0 Å². The molecule has 1 amide bonds. The molecule has 0 saturated carbocycles. The van der Waals surface area contributed by atoms with Gasteiger partial charge in [-0.25, -0.2) is 9.78 Å². The molecule has 0 spiro atoms. The zero-order valence-corrected chi connectivity index (χ0v) is 17.2. The van der Waals surface area contributed by atoms with E-state index < -0.39 is 11.2 Å². The van der Waals surface area contributed by atoms with Gasteiger partial charge in [-0.3, -0.25) is 19.1 Å². The molecule has 0 bridgehead atoms. The number of nitrogens with one attached hydrogen (secondary N) is 1. The van der Waals surface area contributed by atoms with Crippen molar-refractivity contribution < 1.29 is 4.79 Å². The van der Waals surface area contributed by atoms with Crippen molar-refractivity contribution in [2.24, 2.45) is 0 Å². The van der Waals surface area contributed by atoms with Gasteiger partial charge in [0, 0.05) is 26.3 Å². The number of nitrogens with zero attached hydrogens (tertiary/aromatic N) is 3. The van der Waals surface area contributed by atoms with E-state index in [1.54, 1.807) is 11.9 Å². The van der Waals surface area contributed by atoms with Crippen LogP contribution in [-0.2, 0) is 13.1 Å². The molecule has 1 N–H and O–H groups in total. The monoisotopic (exact) mass is 394 g/mol. The van der Waals surface area contributed by atoms with Crippen LogP contribution in [0.15, 0.2) is 46.1 Å². The Labute approximate surface area is 169 Å². The summed E-state index contributed by atoms with van der Waals surface area (Å²) in [5.41, 5.74) is 1.85. The third kappa shape index (κ3) is 4.29. The number of fused-ring (bicyclic) bond motifs is 1. The lowest BCUT2D eigenvalue weighted by Gasteiger charge is -2.18. The number of carbonyl (C=O) groups is 1. The molecule has 7 nitrogen and oxygen atoms in total. The molecule has 7 heteroatoms. The van der Waals surface area contributed by atoms with Crippen LogP contribution in [0.5, 0.6) is 0 Å². The van der Waals surface area contributed by atoms with Gasteiger partial charge >= 0.3 is 5.69 Å². The van der Waals surface area contributed by atoms with E-state index in [0.29, 0.717) is 30.2 Å². The Hall–Kier alpha value is -3.22. The Morgan fingerprint density at radius 2 is 1.90 bits per heavy atom. The summed E-state index contributed by atoms with van der Waals surface area (Å²) in [6, 6.07) is 9.69. The number of H-pyrrole nitrogens is 1. The van der Waals surface area contributed by atoms with Crippen LogP contribution in [0.3, 0.4) is 0 Å². The van der Waals surface area contributed by atoms with Crippen LogP contribution in [-0.4, -0.2) is 32.4 Å². The Kier molecular flexibility index (Phi) is 5.96. The highest BCUT2D eigenvalue weighted by atomic mass is 16.2. The van der Waals surface area contributed by atoms with Crippen LogP contribution in [0.1, 0.15) is 54.6 Å². The molecule has 0 saturated heterocycles. The van der Waals surface area contributed by atoms with Gasteiger partial charge in [0.2, 0.25) is 0 Å². The topological polar surface area (TPSA) is 88.1 Å². The highest BCUT2D eigenvalue weighted by molar-refractivity contribution is 5.96. The van der Waals surface area contributed by atoms with Gasteiger partial charge in [0.25, 0.3) is 11.5 Å². The Morgan fingerprint density at radius 1 is 1.21 bits per heavy atom. The number of hydrogen-bond acceptors (Lipinski definition) is 4. The summed E-state index contributed by atoms with van der Waals surface area (Å²) in [5.74, 6) is 0.218. The summed E-state index contributed by atoms with van der Waals surface area (Å²) in [4.78, 5) is 45.3. The first-order chi connectivity index (χ1) is 13.8. The molecule has 0 aliphatic heterocycles. The molecule has 0 unspecified atom stereocenters. The van der Waals surface area contributed by atoms with Crippen molar-refractivity contribution >= 4 is 16.9 Å². The van der Waals surface area contributed by atoms with Crippen molar-refractivity contribution in [3.8, 4) is 0 Å². The number of hydrogen-bond donors (Lipinski definition) is 1. The number of rotatable bonds is 6. The molecule has 1 aromatic carbocycles. The van der Waals surface area contributed by atoms with Gasteiger partial charge in [-0.1, -0.05) is 45.0 Å². The molecule has 29 heavy (non-hydrogen) atoms. The first-order valence-electron chi connectivity index (χ1n) is 9.79. The van der Waals surface area contributed by atoms with E-state index in [2.05, 4.69) is 35.9 Å². The average Bonchev–Trinajstić information content (AvgIpc) is 2.70. The summed E-state index contributed by atoms with van der Waals surface area (Å²) in [7, 11) is 1.71. The SMILES string of the molecule is CCCn1c(=O)[nH]c(=O)c2cc(C(=O)N(C)Cc3ccc(C(C)C)cc3)cnc21. The summed E-state index contributed by atoms with van der Waals surface area (Å²) in [6.07, 6.45) is 2.15. The maximum Gasteiger partial charge on any atom is 0.329 e. The minimum absolute atomic E-state index is 0.235. The quantitative estimate of drug-likeness (QED) is 0.696. The summed E-state index contributed by atoms with van der Waals surface area (Å²) in [5, 5.41) is 0.235. The van der Waals surface area contributed by atoms with E-state index in [1.807, 2.05) is 19.1 Å². The second kappa shape index (κ2) is 8.43. The van der Waals surface area contributed by atoms with E-state index in [9.17, 15) is 14.4 Å². The lowest BCUT2D eigenvalue weighted by molar-refractivity contribution is 0.0785. The first kappa shape index (κ1) is 20.5. The van der Waals surface area contributed by atoms with Crippen molar-refractivity contribution in [2.75, 3.05) is 7.05 Å². The molecule has 3 rings (SSSR count). The van der Waals surface area contributed by atoms with Crippen LogP contribution in [0.25, 0.3) is 11.0 Å². The van der Waals surface area contributed by atoms with Crippen molar-refractivity contribution in [3.63, 3.8) is 0 Å². The van der Waals surface area contributed by atoms with E-state index in [-0.39, 0.29) is 11.3 Å². The molecule has 0 aliphatic carbocycles.